The zero-order valence-corrected chi connectivity index (χ0v) is 34.2. The second-order valence-corrected chi connectivity index (χ2v) is 12.5. The summed E-state index contributed by atoms with van der Waals surface area (Å²) in [6.45, 7) is 1.52. The number of aromatic carboxylic acids is 4. The Kier molecular flexibility index (Phi) is 20.0. The van der Waals surface area contributed by atoms with Crippen molar-refractivity contribution in [1.82, 2.24) is 10.1 Å². The molecule has 0 radical (unpaired) electrons. The molecule has 0 unspecified atom stereocenters. The predicted octanol–water partition coefficient (Wildman–Crippen LogP) is 6.91. The van der Waals surface area contributed by atoms with Crippen LogP contribution in [0.1, 0.15) is 69.6 Å². The van der Waals surface area contributed by atoms with Crippen molar-refractivity contribution in [2.45, 2.75) is 6.92 Å². The molecule has 0 bridgehead atoms. The van der Waals surface area contributed by atoms with E-state index in [0.29, 0.717) is 36.4 Å². The number of hydrogen-bond acceptors (Lipinski definition) is 13. The molecule has 0 aliphatic heterocycles. The van der Waals surface area contributed by atoms with E-state index in [-0.39, 0.29) is 39.5 Å². The molecular weight excluding hydrogens is 970 g/mol. The summed E-state index contributed by atoms with van der Waals surface area (Å²) in [6, 6.07) is 11.5. The first kappa shape index (κ1) is 56.1. The number of nitrogens with zero attached hydrogens (tertiary/aromatic N) is 6. The van der Waals surface area contributed by atoms with Gasteiger partial charge >= 0.3 is 23.9 Å². The summed E-state index contributed by atoms with van der Waals surface area (Å²) in [4.78, 5) is 45.4. The molecule has 10 N–H and O–H groups in total. The van der Waals surface area contributed by atoms with Crippen molar-refractivity contribution in [3.63, 3.8) is 0 Å². The van der Waals surface area contributed by atoms with Gasteiger partial charge in [-0.2, -0.15) is 15.5 Å². The molecule has 19 nitrogen and oxygen atoms in total. The van der Waals surface area contributed by atoms with Crippen LogP contribution in [0.3, 0.4) is 0 Å². The smallest absolute Gasteiger partial charge is 0.341 e. The summed E-state index contributed by atoms with van der Waals surface area (Å²) in [5.74, 6) is -19.1. The van der Waals surface area contributed by atoms with Gasteiger partial charge in [0.05, 0.1) is 23.3 Å². The van der Waals surface area contributed by atoms with Crippen LogP contribution in [0.4, 0.5) is 43.9 Å². The maximum absolute atomic E-state index is 13.3. The number of amidine groups is 2. The van der Waals surface area contributed by atoms with Gasteiger partial charge in [-0.3, -0.25) is 0 Å². The van der Waals surface area contributed by atoms with Gasteiger partial charge in [0.25, 0.3) is 0 Å². The minimum Gasteiger partial charge on any atom is -0.477 e. The van der Waals surface area contributed by atoms with Crippen LogP contribution in [0.15, 0.2) is 81.6 Å². The van der Waals surface area contributed by atoms with Crippen molar-refractivity contribution >= 4 is 35.5 Å². The Bertz CT molecular complexity index is 2940. The number of nitrogens with two attached hydrogens (primary N) is 2. The van der Waals surface area contributed by atoms with Gasteiger partial charge in [0, 0.05) is 29.7 Å². The summed E-state index contributed by atoms with van der Waals surface area (Å²) in [5, 5.41) is 75.3. The van der Waals surface area contributed by atoms with Crippen LogP contribution >= 0.6 is 0 Å². The van der Waals surface area contributed by atoms with Crippen molar-refractivity contribution in [3.8, 4) is 23.5 Å². The molecule has 364 valence electrons. The molecule has 0 aliphatic carbocycles. The highest BCUT2D eigenvalue weighted by atomic mass is 19.2. The molecule has 0 saturated heterocycles. The molecule has 0 saturated carbocycles. The van der Waals surface area contributed by atoms with E-state index >= 15 is 0 Å². The number of carboxylic acids is 4. The first-order chi connectivity index (χ1) is 32.7. The monoisotopic (exact) mass is 994 g/mol. The lowest BCUT2D eigenvalue weighted by Crippen LogP contribution is -2.15. The van der Waals surface area contributed by atoms with Crippen LogP contribution in [-0.2, 0) is 0 Å². The lowest BCUT2D eigenvalue weighted by Gasteiger charge is -2.03. The molecule has 5 aromatic carbocycles. The highest BCUT2D eigenvalue weighted by molar-refractivity contribution is 5.99. The first-order valence-corrected chi connectivity index (χ1v) is 17.6. The number of aromatic nitrogens is 2. The Hall–Kier alpha value is -10.1. The number of aryl methyl sites for hydroxylation is 1. The van der Waals surface area contributed by atoms with Gasteiger partial charge in [0.15, 0.2) is 11.7 Å². The van der Waals surface area contributed by atoms with E-state index in [1.807, 2.05) is 0 Å². The average molecular weight is 995 g/mol. The van der Waals surface area contributed by atoms with Gasteiger partial charge in [-0.1, -0.05) is 15.5 Å². The van der Waals surface area contributed by atoms with E-state index < -0.39 is 116 Å². The highest BCUT2D eigenvalue weighted by Crippen LogP contribution is 2.23. The third-order valence-corrected chi connectivity index (χ3v) is 7.74. The van der Waals surface area contributed by atoms with Crippen LogP contribution < -0.4 is 11.5 Å². The quantitative estimate of drug-likeness (QED) is 0.0265. The zero-order valence-electron chi connectivity index (χ0n) is 34.2. The maximum Gasteiger partial charge on any atom is 0.341 e. The largest absolute Gasteiger partial charge is 0.477 e. The first-order valence-electron chi connectivity index (χ1n) is 17.6. The van der Waals surface area contributed by atoms with Gasteiger partial charge in [0.2, 0.25) is 11.7 Å². The fraction of sp³-hybridized carbons (Fsp3) is 0.0244. The summed E-state index contributed by atoms with van der Waals surface area (Å²) < 4.78 is 134. The average Bonchev–Trinajstić information content (AvgIpc) is 3.70. The van der Waals surface area contributed by atoms with E-state index in [1.54, 1.807) is 6.07 Å². The summed E-state index contributed by atoms with van der Waals surface area (Å²) in [7, 11) is 0. The Morgan fingerprint density at radius 3 is 1.06 bits per heavy atom. The highest BCUT2D eigenvalue weighted by Gasteiger charge is 2.22. The molecule has 6 rings (SSSR count). The van der Waals surface area contributed by atoms with Crippen molar-refractivity contribution in [3.05, 3.63) is 175 Å². The van der Waals surface area contributed by atoms with E-state index in [1.165, 1.54) is 13.0 Å². The molecular formula is C41H24F10N8O11. The fourth-order valence-corrected chi connectivity index (χ4v) is 4.75. The van der Waals surface area contributed by atoms with Gasteiger partial charge < -0.3 is 46.8 Å². The van der Waals surface area contributed by atoms with Crippen molar-refractivity contribution in [1.29, 1.82) is 10.5 Å². The van der Waals surface area contributed by atoms with Crippen molar-refractivity contribution < 1.29 is 98.4 Å². The third kappa shape index (κ3) is 15.3. The molecule has 0 aliphatic rings. The van der Waals surface area contributed by atoms with E-state index in [2.05, 4.69) is 25.0 Å². The van der Waals surface area contributed by atoms with Crippen molar-refractivity contribution in [2.75, 3.05) is 0 Å². The molecule has 1 aromatic heterocycles. The Morgan fingerprint density at radius 2 is 0.800 bits per heavy atom. The number of oxime groups is 2. The van der Waals surface area contributed by atoms with Gasteiger partial charge in [0.1, 0.15) is 80.4 Å². The lowest BCUT2D eigenvalue weighted by molar-refractivity contribution is 0.0674. The SMILES string of the molecule is Cc1nc(-c2cc(F)c(C(=O)O)c(F)c2)no1.N#Cc1cc(F)c(C(=O)O)c(F)c1.N#Cc1cc(F)cc(F)c1.N/C(=N/O)c1cc(F)c(C(=O)O)c(F)c1.N/C(=N/O)c1cc(F)c(C(=O)O)c(F)c1. The number of hydrogen-bond donors (Lipinski definition) is 8. The van der Waals surface area contributed by atoms with Crippen LogP contribution in [-0.4, -0.2) is 76.5 Å². The molecule has 0 amide bonds. The summed E-state index contributed by atoms with van der Waals surface area (Å²) >= 11 is 0. The number of carboxylic acid groups (broad SMARTS) is 4. The van der Waals surface area contributed by atoms with Crippen LogP contribution in [0.2, 0.25) is 0 Å². The fourth-order valence-electron chi connectivity index (χ4n) is 4.75. The minimum atomic E-state index is -1.73. The minimum absolute atomic E-state index is 0.00231. The molecule has 70 heavy (non-hydrogen) atoms. The number of nitriles is 2. The maximum atomic E-state index is 13.3. The van der Waals surface area contributed by atoms with Crippen LogP contribution in [0, 0.1) is 87.8 Å². The third-order valence-electron chi connectivity index (χ3n) is 7.74. The molecule has 0 spiro atoms. The Labute approximate surface area is 381 Å². The number of rotatable bonds is 7. The van der Waals surface area contributed by atoms with Crippen molar-refractivity contribution in [2.24, 2.45) is 21.8 Å². The topological polar surface area (TPSA) is 353 Å². The summed E-state index contributed by atoms with van der Waals surface area (Å²) in [6.07, 6.45) is 0. The summed E-state index contributed by atoms with van der Waals surface area (Å²) in [5.41, 5.74) is 5.23. The van der Waals surface area contributed by atoms with E-state index in [0.717, 1.165) is 30.3 Å². The van der Waals surface area contributed by atoms with Crippen LogP contribution in [0.5, 0.6) is 0 Å². The predicted molar refractivity (Wildman–Crippen MR) is 212 cm³/mol. The number of halogens is 10. The molecule has 1 heterocycles. The second-order valence-electron chi connectivity index (χ2n) is 12.5. The normalized spacial score (nSPS) is 10.5. The number of benzene rings is 5. The van der Waals surface area contributed by atoms with Gasteiger partial charge in [-0.05, 0) is 60.7 Å². The lowest BCUT2D eigenvalue weighted by atomic mass is 10.1. The second kappa shape index (κ2) is 25.0. The zero-order chi connectivity index (χ0) is 53.3. The van der Waals surface area contributed by atoms with Crippen LogP contribution in [0.25, 0.3) is 11.4 Å². The standard InChI is InChI=1S/C10H6F2N2O3.2C8H6F2N2O3.C8H3F2NO2.C7H3F2N/c1-4-13-9(14-17-4)5-2-6(11)8(10(15)16)7(12)3-5;2*9-4-1-3(7(11)12-15)2-5(10)6(4)8(13)14;9-5-1-4(3-11)2-6(10)7(5)8(12)13;8-6-1-5(4-10)2-7(9)3-6/h2-3H,1H3,(H,15,16);2*1-2,15H,(H2,11,12)(H,13,14);1-2H,(H,12,13);1-3H. The molecule has 0 fully saturated rings. The molecule has 6 aromatic rings. The Morgan fingerprint density at radius 1 is 0.514 bits per heavy atom. The number of carbonyl (C=O) groups is 4. The van der Waals surface area contributed by atoms with E-state index in [4.69, 9.17) is 52.8 Å². The Balaban J connectivity index is 0.000000303. The van der Waals surface area contributed by atoms with Gasteiger partial charge in [-0.15, -0.1) is 0 Å². The molecule has 0 atom stereocenters. The van der Waals surface area contributed by atoms with Gasteiger partial charge in [-0.25, -0.2) is 63.1 Å². The molecule has 29 heteroatoms. The van der Waals surface area contributed by atoms with E-state index in [9.17, 15) is 63.1 Å².